The van der Waals surface area contributed by atoms with E-state index in [1.165, 1.54) is 16.7 Å². The average Bonchev–Trinajstić information content (AvgIpc) is 2.67. The van der Waals surface area contributed by atoms with Gasteiger partial charge in [0.05, 0.1) is 0 Å². The second-order valence-electron chi connectivity index (χ2n) is 6.00. The first-order valence-electron chi connectivity index (χ1n) is 8.61. The lowest BCUT2D eigenvalue weighted by atomic mass is 10.00. The van der Waals surface area contributed by atoms with Gasteiger partial charge in [-0.05, 0) is 29.5 Å². The van der Waals surface area contributed by atoms with Gasteiger partial charge >= 0.3 is 0 Å². The summed E-state index contributed by atoms with van der Waals surface area (Å²) in [6.07, 6.45) is 4.39. The summed E-state index contributed by atoms with van der Waals surface area (Å²) in [7, 11) is 1.86. The molecule has 2 aromatic carbocycles. The Kier molecular flexibility index (Phi) is 5.67. The van der Waals surface area contributed by atoms with Crippen LogP contribution in [0.3, 0.4) is 0 Å². The summed E-state index contributed by atoms with van der Waals surface area (Å²) >= 11 is 0. The van der Waals surface area contributed by atoms with Gasteiger partial charge in [0, 0.05) is 26.7 Å². The van der Waals surface area contributed by atoms with Gasteiger partial charge in [-0.25, -0.2) is 0 Å². The Morgan fingerprint density at radius 1 is 1.04 bits per heavy atom. The predicted octanol–water partition coefficient (Wildman–Crippen LogP) is 3.59. The van der Waals surface area contributed by atoms with Crippen molar-refractivity contribution in [2.75, 3.05) is 26.7 Å². The summed E-state index contributed by atoms with van der Waals surface area (Å²) in [5, 5.41) is 3.49. The number of nitrogens with one attached hydrogen (secondary N) is 1. The van der Waals surface area contributed by atoms with Gasteiger partial charge in [0.1, 0.15) is 0 Å². The van der Waals surface area contributed by atoms with Crippen LogP contribution in [0.2, 0.25) is 0 Å². The second kappa shape index (κ2) is 8.34. The van der Waals surface area contributed by atoms with Crippen molar-refractivity contribution in [2.24, 2.45) is 4.99 Å². The molecule has 124 valence electrons. The van der Waals surface area contributed by atoms with Crippen molar-refractivity contribution in [3.63, 3.8) is 0 Å². The Balaban J connectivity index is 1.53. The van der Waals surface area contributed by atoms with E-state index in [4.69, 9.17) is 0 Å². The van der Waals surface area contributed by atoms with E-state index >= 15 is 0 Å². The van der Waals surface area contributed by atoms with Crippen molar-refractivity contribution in [2.45, 2.75) is 12.8 Å². The normalized spacial score (nSPS) is 15.1. The molecule has 0 radical (unpaired) electrons. The zero-order valence-electron chi connectivity index (χ0n) is 14.3. The number of aliphatic imine (C=N–C) groups is 1. The number of rotatable bonds is 4. The summed E-state index contributed by atoms with van der Waals surface area (Å²) in [5.74, 6) is 0.995. The van der Waals surface area contributed by atoms with Gasteiger partial charge in [0.2, 0.25) is 0 Å². The van der Waals surface area contributed by atoms with Gasteiger partial charge in [-0.15, -0.1) is 0 Å². The van der Waals surface area contributed by atoms with E-state index in [9.17, 15) is 0 Å². The minimum absolute atomic E-state index is 0.905. The Morgan fingerprint density at radius 2 is 1.75 bits per heavy atom. The molecule has 24 heavy (non-hydrogen) atoms. The molecule has 0 spiro atoms. The highest BCUT2D eigenvalue weighted by molar-refractivity contribution is 5.81. The molecule has 0 bridgehead atoms. The third kappa shape index (κ3) is 4.25. The molecule has 0 atom stereocenters. The maximum absolute atomic E-state index is 4.44. The minimum Gasteiger partial charge on any atom is -0.356 e. The molecule has 0 saturated heterocycles. The third-order valence-electron chi connectivity index (χ3n) is 4.40. The number of guanidine groups is 1. The van der Waals surface area contributed by atoms with Gasteiger partial charge in [0.15, 0.2) is 5.96 Å². The van der Waals surface area contributed by atoms with Gasteiger partial charge in [-0.2, -0.15) is 0 Å². The number of hydrogen-bond donors (Lipinski definition) is 1. The highest BCUT2D eigenvalue weighted by Crippen LogP contribution is 2.21. The summed E-state index contributed by atoms with van der Waals surface area (Å²) in [4.78, 5) is 6.76. The lowest BCUT2D eigenvalue weighted by Gasteiger charge is -2.29. The van der Waals surface area contributed by atoms with E-state index in [0.717, 1.165) is 38.4 Å². The minimum atomic E-state index is 0.905. The molecule has 3 heteroatoms. The molecule has 0 unspecified atom stereocenters. The summed E-state index contributed by atoms with van der Waals surface area (Å²) in [6, 6.07) is 21.2. The van der Waals surface area contributed by atoms with Crippen LogP contribution in [0.25, 0.3) is 5.57 Å². The van der Waals surface area contributed by atoms with Crippen molar-refractivity contribution >= 4 is 11.5 Å². The fourth-order valence-electron chi connectivity index (χ4n) is 3.07. The van der Waals surface area contributed by atoms with E-state index in [2.05, 4.69) is 81.9 Å². The van der Waals surface area contributed by atoms with Gasteiger partial charge in [0.25, 0.3) is 0 Å². The monoisotopic (exact) mass is 319 g/mol. The lowest BCUT2D eigenvalue weighted by Crippen LogP contribution is -2.44. The molecule has 1 aliphatic rings. The molecule has 0 amide bonds. The van der Waals surface area contributed by atoms with Crippen LogP contribution in [-0.4, -0.2) is 37.5 Å². The summed E-state index contributed by atoms with van der Waals surface area (Å²) in [6.45, 7) is 2.82. The summed E-state index contributed by atoms with van der Waals surface area (Å²) < 4.78 is 0. The van der Waals surface area contributed by atoms with Crippen molar-refractivity contribution in [1.82, 2.24) is 10.2 Å². The molecule has 2 aromatic rings. The number of benzene rings is 2. The largest absolute Gasteiger partial charge is 0.356 e. The van der Waals surface area contributed by atoms with Crippen molar-refractivity contribution < 1.29 is 0 Å². The first kappa shape index (κ1) is 16.3. The van der Waals surface area contributed by atoms with Crippen LogP contribution < -0.4 is 5.32 Å². The topological polar surface area (TPSA) is 27.6 Å². The van der Waals surface area contributed by atoms with Crippen molar-refractivity contribution in [3.05, 3.63) is 77.9 Å². The van der Waals surface area contributed by atoms with E-state index in [1.54, 1.807) is 0 Å². The van der Waals surface area contributed by atoms with Crippen LogP contribution in [0.15, 0.2) is 71.7 Å². The molecule has 1 N–H and O–H groups in total. The van der Waals surface area contributed by atoms with E-state index in [-0.39, 0.29) is 0 Å². The maximum Gasteiger partial charge on any atom is 0.193 e. The predicted molar refractivity (Wildman–Crippen MR) is 102 cm³/mol. The van der Waals surface area contributed by atoms with Crippen molar-refractivity contribution in [3.8, 4) is 0 Å². The quantitative estimate of drug-likeness (QED) is 0.689. The molecule has 0 aliphatic carbocycles. The van der Waals surface area contributed by atoms with Crippen LogP contribution in [0.5, 0.6) is 0 Å². The van der Waals surface area contributed by atoms with Crippen LogP contribution in [0, 0.1) is 0 Å². The number of hydrogen-bond acceptors (Lipinski definition) is 1. The number of nitrogens with zero attached hydrogens (tertiary/aromatic N) is 2. The third-order valence-corrected chi connectivity index (χ3v) is 4.40. The Morgan fingerprint density at radius 3 is 2.38 bits per heavy atom. The molecule has 1 aliphatic heterocycles. The molecule has 0 fully saturated rings. The molecule has 1 heterocycles. The van der Waals surface area contributed by atoms with Gasteiger partial charge in [-0.3, -0.25) is 4.99 Å². The van der Waals surface area contributed by atoms with Crippen LogP contribution in [-0.2, 0) is 6.42 Å². The van der Waals surface area contributed by atoms with Gasteiger partial charge < -0.3 is 10.2 Å². The summed E-state index contributed by atoms with van der Waals surface area (Å²) in [5.41, 5.74) is 4.13. The zero-order chi connectivity index (χ0) is 16.6. The second-order valence-corrected chi connectivity index (χ2v) is 6.00. The van der Waals surface area contributed by atoms with Crippen LogP contribution >= 0.6 is 0 Å². The molecular formula is C21H25N3. The Hall–Kier alpha value is -2.55. The zero-order valence-corrected chi connectivity index (χ0v) is 14.3. The van der Waals surface area contributed by atoms with Gasteiger partial charge in [-0.1, -0.05) is 66.7 Å². The van der Waals surface area contributed by atoms with Crippen molar-refractivity contribution in [1.29, 1.82) is 0 Å². The first-order chi connectivity index (χ1) is 11.9. The SMILES string of the molecule is CN=C(NCCc1ccccc1)N1CC=C(c2ccccc2)CC1. The highest BCUT2D eigenvalue weighted by Gasteiger charge is 2.15. The maximum atomic E-state index is 4.44. The molecule has 0 aromatic heterocycles. The lowest BCUT2D eigenvalue weighted by molar-refractivity contribution is 0.440. The van der Waals surface area contributed by atoms with Crippen LogP contribution in [0.4, 0.5) is 0 Å². The van der Waals surface area contributed by atoms with Crippen LogP contribution in [0.1, 0.15) is 17.5 Å². The fraction of sp³-hybridized carbons (Fsp3) is 0.286. The molecule has 3 nitrogen and oxygen atoms in total. The average molecular weight is 319 g/mol. The standard InChI is InChI=1S/C21H25N3/c1-22-21(23-15-12-18-8-4-2-5-9-18)24-16-13-20(14-17-24)19-10-6-3-7-11-19/h2-11,13H,12,14-17H2,1H3,(H,22,23). The van der Waals surface area contributed by atoms with E-state index in [1.807, 2.05) is 7.05 Å². The highest BCUT2D eigenvalue weighted by atomic mass is 15.3. The molecular weight excluding hydrogens is 294 g/mol. The molecule has 0 saturated carbocycles. The Labute approximate surface area is 144 Å². The molecule has 3 rings (SSSR count). The Bertz CT molecular complexity index is 690. The fourth-order valence-corrected chi connectivity index (χ4v) is 3.07. The smallest absolute Gasteiger partial charge is 0.193 e. The van der Waals surface area contributed by atoms with E-state index < -0.39 is 0 Å². The van der Waals surface area contributed by atoms with E-state index in [0.29, 0.717) is 0 Å². The first-order valence-corrected chi connectivity index (χ1v) is 8.61.